The molecule has 0 radical (unpaired) electrons. The molecule has 1 heterocycles. The largest absolute Gasteiger partial charge is 0.489 e. The minimum atomic E-state index is -4.02. The lowest BCUT2D eigenvalue weighted by Gasteiger charge is -2.06. The van der Waals surface area contributed by atoms with Gasteiger partial charge >= 0.3 is 0 Å². The van der Waals surface area contributed by atoms with Crippen molar-refractivity contribution < 1.29 is 22.1 Å². The molecule has 4 N–H and O–H groups in total. The van der Waals surface area contributed by atoms with Gasteiger partial charge in [-0.25, -0.2) is 9.37 Å². The highest BCUT2D eigenvalue weighted by Gasteiger charge is 2.07. The van der Waals surface area contributed by atoms with E-state index in [-0.39, 0.29) is 18.0 Å². The summed E-state index contributed by atoms with van der Waals surface area (Å²) >= 11 is 0. The van der Waals surface area contributed by atoms with Gasteiger partial charge in [0.15, 0.2) is 0 Å². The van der Waals surface area contributed by atoms with E-state index in [1.807, 2.05) is 25.1 Å². The monoisotopic (exact) mass is 449 g/mol. The van der Waals surface area contributed by atoms with Crippen LogP contribution in [0.15, 0.2) is 59.3 Å². The van der Waals surface area contributed by atoms with Crippen LogP contribution in [0.4, 0.5) is 4.39 Å². The molecule has 3 rings (SSSR count). The maximum atomic E-state index is 12.4. The number of hydrogen-bond donors (Lipinski definition) is 3. The Morgan fingerprint density at radius 3 is 2.55 bits per heavy atom. The number of halogens is 1. The molecular formula is C22H28FN3O4S. The second-order valence-corrected chi connectivity index (χ2v) is 8.44. The van der Waals surface area contributed by atoms with Crippen molar-refractivity contribution in [1.82, 2.24) is 9.97 Å². The third-order valence-electron chi connectivity index (χ3n) is 4.43. The van der Waals surface area contributed by atoms with Crippen LogP contribution < -0.4 is 10.5 Å². The van der Waals surface area contributed by atoms with Crippen LogP contribution in [0, 0.1) is 6.92 Å². The van der Waals surface area contributed by atoms with Crippen LogP contribution in [-0.4, -0.2) is 36.1 Å². The number of aryl methyl sites for hydroxylation is 2. The highest BCUT2D eigenvalue weighted by atomic mass is 32.2. The van der Waals surface area contributed by atoms with Crippen LogP contribution >= 0.6 is 0 Å². The van der Waals surface area contributed by atoms with Gasteiger partial charge in [0.2, 0.25) is 0 Å². The number of aromatic amines is 1. The Morgan fingerprint density at radius 1 is 1.26 bits per heavy atom. The Balaban J connectivity index is 0.000000262. The summed E-state index contributed by atoms with van der Waals surface area (Å²) in [7, 11) is -4.02. The van der Waals surface area contributed by atoms with Crippen molar-refractivity contribution in [2.75, 3.05) is 13.2 Å². The van der Waals surface area contributed by atoms with E-state index < -0.39 is 10.1 Å². The van der Waals surface area contributed by atoms with Gasteiger partial charge in [0.05, 0.1) is 22.3 Å². The molecule has 3 aromatic rings. The molecule has 0 spiro atoms. The fourth-order valence-corrected chi connectivity index (χ4v) is 3.10. The predicted octanol–water partition coefficient (Wildman–Crippen LogP) is 4.34. The van der Waals surface area contributed by atoms with E-state index in [9.17, 15) is 12.8 Å². The lowest BCUT2D eigenvalue weighted by atomic mass is 10.2. The number of nitrogens with one attached hydrogen (secondary N) is 1. The van der Waals surface area contributed by atoms with Crippen LogP contribution in [0.25, 0.3) is 11.0 Å². The molecule has 9 heteroatoms. The highest BCUT2D eigenvalue weighted by molar-refractivity contribution is 7.85. The Bertz CT molecular complexity index is 1110. The number of benzene rings is 2. The number of unbranched alkanes of at least 4 members (excludes halogenated alkanes) is 1. The predicted molar refractivity (Wildman–Crippen MR) is 119 cm³/mol. The van der Waals surface area contributed by atoms with Crippen LogP contribution in [0.5, 0.6) is 5.75 Å². The molecule has 0 saturated heterocycles. The number of ether oxygens (including phenoxy) is 1. The Kier molecular flexibility index (Phi) is 9.17. The second-order valence-electron chi connectivity index (χ2n) is 7.01. The summed E-state index contributed by atoms with van der Waals surface area (Å²) in [6.07, 6.45) is 3.70. The van der Waals surface area contributed by atoms with E-state index in [2.05, 4.69) is 16.9 Å². The molecule has 0 aliphatic heterocycles. The summed E-state index contributed by atoms with van der Waals surface area (Å²) in [5.74, 6) is 1.67. The lowest BCUT2D eigenvalue weighted by molar-refractivity contribution is 0.348. The summed E-state index contributed by atoms with van der Waals surface area (Å²) in [5.41, 5.74) is 8.63. The molecule has 1 aromatic heterocycles. The highest BCUT2D eigenvalue weighted by Crippen LogP contribution is 2.20. The van der Waals surface area contributed by atoms with Crippen molar-refractivity contribution in [3.05, 3.63) is 65.8 Å². The fourth-order valence-electron chi connectivity index (χ4n) is 2.62. The summed E-state index contributed by atoms with van der Waals surface area (Å²) in [6, 6.07) is 11.6. The van der Waals surface area contributed by atoms with E-state index in [1.165, 1.54) is 12.1 Å². The number of hydrogen-bond acceptors (Lipinski definition) is 5. The van der Waals surface area contributed by atoms with Gasteiger partial charge in [-0.3, -0.25) is 4.55 Å². The average molecular weight is 450 g/mol. The molecular weight excluding hydrogens is 421 g/mol. The molecule has 7 nitrogen and oxygen atoms in total. The number of aromatic nitrogens is 2. The molecule has 0 aliphatic rings. The van der Waals surface area contributed by atoms with Gasteiger partial charge < -0.3 is 15.5 Å². The molecule has 0 aliphatic carbocycles. The van der Waals surface area contributed by atoms with Gasteiger partial charge in [-0.2, -0.15) is 8.42 Å². The molecule has 0 saturated carbocycles. The van der Waals surface area contributed by atoms with Crippen LogP contribution in [0.1, 0.15) is 31.2 Å². The zero-order chi connectivity index (χ0) is 22.9. The van der Waals surface area contributed by atoms with Crippen molar-refractivity contribution in [3.63, 3.8) is 0 Å². The van der Waals surface area contributed by atoms with E-state index in [4.69, 9.17) is 15.0 Å². The van der Waals surface area contributed by atoms with E-state index in [0.717, 1.165) is 41.7 Å². The van der Waals surface area contributed by atoms with Gasteiger partial charge in [-0.05, 0) is 37.6 Å². The van der Waals surface area contributed by atoms with Gasteiger partial charge in [-0.15, -0.1) is 0 Å². The molecule has 0 fully saturated rings. The summed E-state index contributed by atoms with van der Waals surface area (Å²) in [4.78, 5) is 7.73. The van der Waals surface area contributed by atoms with Gasteiger partial charge in [0.25, 0.3) is 10.1 Å². The number of rotatable bonds is 8. The molecule has 2 aromatic carbocycles. The van der Waals surface area contributed by atoms with Crippen molar-refractivity contribution in [1.29, 1.82) is 0 Å². The third-order valence-corrected chi connectivity index (χ3v) is 5.30. The smallest absolute Gasteiger partial charge is 0.294 e. The minimum absolute atomic E-state index is 0.0666. The van der Waals surface area contributed by atoms with Crippen molar-refractivity contribution in [3.8, 4) is 5.75 Å². The Labute approximate surface area is 181 Å². The van der Waals surface area contributed by atoms with E-state index >= 15 is 0 Å². The molecule has 0 amide bonds. The van der Waals surface area contributed by atoms with Crippen molar-refractivity contribution in [2.45, 2.75) is 38.0 Å². The number of imidazole rings is 1. The summed E-state index contributed by atoms with van der Waals surface area (Å²) in [5, 5.41) is 0. The topological polar surface area (TPSA) is 118 Å². The molecule has 31 heavy (non-hydrogen) atoms. The quantitative estimate of drug-likeness (QED) is 0.440. The number of fused-ring (bicyclic) bond motifs is 1. The van der Waals surface area contributed by atoms with Crippen LogP contribution in [0.2, 0.25) is 0 Å². The standard InChI is InChI=1S/C15H20FN3O.C7H8O3S/c1-2-3-4-15-18-13-6-5-12(7-14(13)19-15)20-10-11(8-16)9-17;1-6-2-4-7(5-3-6)11(8,9)10/h5-8H,2-4,9-10,17H2,1H3,(H,18,19);2-5H,1H3,(H,8,9,10)/b11-8+;. The Hall–Kier alpha value is -2.75. The average Bonchev–Trinajstić information content (AvgIpc) is 3.15. The lowest BCUT2D eigenvalue weighted by Crippen LogP contribution is -2.10. The molecule has 0 bridgehead atoms. The third kappa shape index (κ3) is 7.78. The first-order valence-electron chi connectivity index (χ1n) is 9.90. The normalized spacial score (nSPS) is 11.8. The maximum absolute atomic E-state index is 12.4. The Morgan fingerprint density at radius 2 is 1.97 bits per heavy atom. The zero-order valence-electron chi connectivity index (χ0n) is 17.6. The van der Waals surface area contributed by atoms with Gasteiger partial charge in [0, 0.05) is 24.6 Å². The van der Waals surface area contributed by atoms with E-state index in [1.54, 1.807) is 12.1 Å². The van der Waals surface area contributed by atoms with Gasteiger partial charge in [0.1, 0.15) is 18.2 Å². The zero-order valence-corrected chi connectivity index (χ0v) is 18.5. The molecule has 168 valence electrons. The molecule has 0 unspecified atom stereocenters. The van der Waals surface area contributed by atoms with E-state index in [0.29, 0.717) is 17.7 Å². The second kappa shape index (κ2) is 11.6. The van der Waals surface area contributed by atoms with Crippen LogP contribution in [-0.2, 0) is 16.5 Å². The first kappa shape index (κ1) is 24.5. The fraction of sp³-hybridized carbons (Fsp3) is 0.318. The first-order chi connectivity index (χ1) is 14.8. The van der Waals surface area contributed by atoms with Gasteiger partial charge in [-0.1, -0.05) is 31.0 Å². The summed E-state index contributed by atoms with van der Waals surface area (Å²) < 4.78 is 47.5. The van der Waals surface area contributed by atoms with Crippen LogP contribution in [0.3, 0.4) is 0 Å². The minimum Gasteiger partial charge on any atom is -0.489 e. The number of nitrogens with two attached hydrogens (primary N) is 1. The number of nitrogens with zero attached hydrogens (tertiary/aromatic N) is 1. The summed E-state index contributed by atoms with van der Waals surface area (Å²) in [6.45, 7) is 4.31. The molecule has 0 atom stereocenters. The maximum Gasteiger partial charge on any atom is 0.294 e. The van der Waals surface area contributed by atoms with Crippen molar-refractivity contribution >= 4 is 21.2 Å². The van der Waals surface area contributed by atoms with Crippen molar-refractivity contribution in [2.24, 2.45) is 5.73 Å². The SMILES string of the molecule is CCCCc1nc2ccc(OC/C(=C/F)CN)cc2[nH]1.Cc1ccc(S(=O)(=O)O)cc1. The number of H-pyrrole nitrogens is 1. The first-order valence-corrected chi connectivity index (χ1v) is 11.3.